The van der Waals surface area contributed by atoms with Crippen molar-refractivity contribution in [3.63, 3.8) is 0 Å². The minimum Gasteiger partial charge on any atom is -0.329 e. The first-order valence-electron chi connectivity index (χ1n) is 7.39. The van der Waals surface area contributed by atoms with Crippen molar-refractivity contribution in [3.05, 3.63) is 33.3 Å². The normalized spacial score (nSPS) is 13.4. The SMILES string of the molecule is CC(C)CN(CCN(C)C)C(CN)c1ccc(Br)cc1Cl. The number of nitrogens with zero attached hydrogens (tertiary/aromatic N) is 2. The van der Waals surface area contributed by atoms with Crippen LogP contribution in [0.5, 0.6) is 0 Å². The quantitative estimate of drug-likeness (QED) is 0.752. The summed E-state index contributed by atoms with van der Waals surface area (Å²) in [5, 5.41) is 0.776. The van der Waals surface area contributed by atoms with Gasteiger partial charge < -0.3 is 10.6 Å². The molecule has 0 aliphatic carbocycles. The molecule has 5 heteroatoms. The molecule has 1 rings (SSSR count). The van der Waals surface area contributed by atoms with Crippen LogP contribution in [0.3, 0.4) is 0 Å². The molecule has 21 heavy (non-hydrogen) atoms. The summed E-state index contributed by atoms with van der Waals surface area (Å²) < 4.78 is 0.996. The highest BCUT2D eigenvalue weighted by Gasteiger charge is 2.22. The van der Waals surface area contributed by atoms with Crippen LogP contribution in [-0.4, -0.2) is 50.1 Å². The Morgan fingerprint density at radius 3 is 2.38 bits per heavy atom. The Kier molecular flexibility index (Phi) is 8.21. The third-order valence-electron chi connectivity index (χ3n) is 3.42. The number of hydrogen-bond acceptors (Lipinski definition) is 3. The van der Waals surface area contributed by atoms with Crippen LogP contribution >= 0.6 is 27.5 Å². The zero-order chi connectivity index (χ0) is 16.0. The number of nitrogens with two attached hydrogens (primary N) is 1. The lowest BCUT2D eigenvalue weighted by Gasteiger charge is -2.34. The first-order valence-corrected chi connectivity index (χ1v) is 8.56. The van der Waals surface area contributed by atoms with E-state index in [1.807, 2.05) is 12.1 Å². The van der Waals surface area contributed by atoms with Gasteiger partial charge in [-0.25, -0.2) is 0 Å². The van der Waals surface area contributed by atoms with Crippen molar-refractivity contribution in [1.29, 1.82) is 0 Å². The minimum absolute atomic E-state index is 0.160. The molecule has 1 atom stereocenters. The van der Waals surface area contributed by atoms with Gasteiger partial charge in [0.15, 0.2) is 0 Å². The predicted molar refractivity (Wildman–Crippen MR) is 95.9 cm³/mol. The topological polar surface area (TPSA) is 32.5 Å². The summed E-state index contributed by atoms with van der Waals surface area (Å²) in [6, 6.07) is 6.21. The lowest BCUT2D eigenvalue weighted by molar-refractivity contribution is 0.164. The van der Waals surface area contributed by atoms with Gasteiger partial charge in [0, 0.05) is 41.7 Å². The second-order valence-corrected chi connectivity index (χ2v) is 7.43. The predicted octanol–water partition coefficient (Wildman–Crippen LogP) is 3.62. The average molecular weight is 377 g/mol. The van der Waals surface area contributed by atoms with Gasteiger partial charge in [0.25, 0.3) is 0 Å². The highest BCUT2D eigenvalue weighted by molar-refractivity contribution is 9.10. The summed E-state index contributed by atoms with van der Waals surface area (Å²) in [6.45, 7) is 8.05. The van der Waals surface area contributed by atoms with Crippen molar-refractivity contribution in [3.8, 4) is 0 Å². The van der Waals surface area contributed by atoms with E-state index in [9.17, 15) is 0 Å². The third-order valence-corrected chi connectivity index (χ3v) is 4.24. The van der Waals surface area contributed by atoms with Gasteiger partial charge in [0.2, 0.25) is 0 Å². The monoisotopic (exact) mass is 375 g/mol. The van der Waals surface area contributed by atoms with Crippen LogP contribution in [0, 0.1) is 5.92 Å². The van der Waals surface area contributed by atoms with Gasteiger partial charge in [-0.3, -0.25) is 4.90 Å². The van der Waals surface area contributed by atoms with Crippen molar-refractivity contribution in [2.24, 2.45) is 11.7 Å². The van der Waals surface area contributed by atoms with E-state index in [1.54, 1.807) is 0 Å². The highest BCUT2D eigenvalue weighted by atomic mass is 79.9. The molecular weight excluding hydrogens is 350 g/mol. The largest absolute Gasteiger partial charge is 0.329 e. The fraction of sp³-hybridized carbons (Fsp3) is 0.625. The molecule has 1 aromatic carbocycles. The molecule has 0 heterocycles. The number of halogens is 2. The van der Waals surface area contributed by atoms with E-state index in [2.05, 4.69) is 59.7 Å². The third kappa shape index (κ3) is 6.25. The maximum Gasteiger partial charge on any atom is 0.0485 e. The van der Waals surface area contributed by atoms with Gasteiger partial charge in [0.1, 0.15) is 0 Å². The fourth-order valence-corrected chi connectivity index (χ4v) is 3.22. The molecule has 0 aliphatic rings. The second-order valence-electron chi connectivity index (χ2n) is 6.11. The Balaban J connectivity index is 2.98. The van der Waals surface area contributed by atoms with Crippen molar-refractivity contribution >= 4 is 27.5 Å². The van der Waals surface area contributed by atoms with E-state index in [0.717, 1.165) is 34.7 Å². The molecule has 0 spiro atoms. The summed E-state index contributed by atoms with van der Waals surface area (Å²) in [6.07, 6.45) is 0. The molecular formula is C16H27BrClN3. The number of rotatable bonds is 8. The van der Waals surface area contributed by atoms with Crippen LogP contribution in [-0.2, 0) is 0 Å². The number of benzene rings is 1. The van der Waals surface area contributed by atoms with Crippen LogP contribution < -0.4 is 5.73 Å². The van der Waals surface area contributed by atoms with Crippen LogP contribution in [0.2, 0.25) is 5.02 Å². The molecule has 0 aromatic heterocycles. The average Bonchev–Trinajstić information content (AvgIpc) is 2.38. The lowest BCUT2D eigenvalue weighted by atomic mass is 10.0. The molecule has 1 aromatic rings. The van der Waals surface area contributed by atoms with E-state index in [-0.39, 0.29) is 6.04 Å². The molecule has 120 valence electrons. The molecule has 0 aliphatic heterocycles. The van der Waals surface area contributed by atoms with Gasteiger partial charge in [-0.15, -0.1) is 0 Å². The maximum atomic E-state index is 6.42. The summed E-state index contributed by atoms with van der Waals surface area (Å²) in [4.78, 5) is 4.64. The molecule has 0 saturated carbocycles. The van der Waals surface area contributed by atoms with E-state index in [0.29, 0.717) is 12.5 Å². The molecule has 3 nitrogen and oxygen atoms in total. The lowest BCUT2D eigenvalue weighted by Crippen LogP contribution is -2.40. The molecule has 0 amide bonds. The van der Waals surface area contributed by atoms with Crippen molar-refractivity contribution in [2.75, 3.05) is 40.3 Å². The Hall–Kier alpha value is -0.130. The standard InChI is InChI=1S/C16H27BrClN3/c1-12(2)11-21(8-7-20(3)4)16(10-19)14-6-5-13(17)9-15(14)18/h5-6,9,12,16H,7-8,10-11,19H2,1-4H3. The Labute approximate surface area is 142 Å². The van der Waals surface area contributed by atoms with Gasteiger partial charge in [0.05, 0.1) is 0 Å². The summed E-state index contributed by atoms with van der Waals surface area (Å²) in [5.41, 5.74) is 7.18. The van der Waals surface area contributed by atoms with Crippen LogP contribution in [0.1, 0.15) is 25.5 Å². The van der Waals surface area contributed by atoms with E-state index >= 15 is 0 Å². The smallest absolute Gasteiger partial charge is 0.0485 e. The molecule has 0 saturated heterocycles. The van der Waals surface area contributed by atoms with E-state index in [1.165, 1.54) is 0 Å². The van der Waals surface area contributed by atoms with Gasteiger partial charge >= 0.3 is 0 Å². The van der Waals surface area contributed by atoms with Crippen LogP contribution in [0.4, 0.5) is 0 Å². The van der Waals surface area contributed by atoms with Gasteiger partial charge in [-0.2, -0.15) is 0 Å². The maximum absolute atomic E-state index is 6.42. The number of hydrogen-bond donors (Lipinski definition) is 1. The molecule has 2 N–H and O–H groups in total. The molecule has 0 fully saturated rings. The minimum atomic E-state index is 0.160. The van der Waals surface area contributed by atoms with Crippen molar-refractivity contribution in [2.45, 2.75) is 19.9 Å². The van der Waals surface area contributed by atoms with Gasteiger partial charge in [-0.05, 0) is 37.7 Å². The first-order chi connectivity index (χ1) is 9.85. The zero-order valence-electron chi connectivity index (χ0n) is 13.4. The summed E-state index contributed by atoms with van der Waals surface area (Å²) >= 11 is 9.88. The fourth-order valence-electron chi connectivity index (χ4n) is 2.42. The molecule has 1 unspecified atom stereocenters. The number of likely N-dealkylation sites (N-methyl/N-ethyl adjacent to an activating group) is 1. The summed E-state index contributed by atoms with van der Waals surface area (Å²) in [5.74, 6) is 0.593. The highest BCUT2D eigenvalue weighted by Crippen LogP contribution is 2.30. The van der Waals surface area contributed by atoms with Crippen molar-refractivity contribution in [1.82, 2.24) is 9.80 Å². The first kappa shape index (κ1) is 18.9. The Bertz CT molecular complexity index is 438. The van der Waals surface area contributed by atoms with Crippen LogP contribution in [0.25, 0.3) is 0 Å². The summed E-state index contributed by atoms with van der Waals surface area (Å²) in [7, 11) is 4.19. The zero-order valence-corrected chi connectivity index (χ0v) is 15.8. The van der Waals surface area contributed by atoms with E-state index in [4.69, 9.17) is 17.3 Å². The Morgan fingerprint density at radius 2 is 1.90 bits per heavy atom. The Morgan fingerprint density at radius 1 is 1.24 bits per heavy atom. The van der Waals surface area contributed by atoms with Crippen LogP contribution in [0.15, 0.2) is 22.7 Å². The van der Waals surface area contributed by atoms with E-state index < -0.39 is 0 Å². The van der Waals surface area contributed by atoms with Gasteiger partial charge in [-0.1, -0.05) is 47.4 Å². The second kappa shape index (κ2) is 9.11. The van der Waals surface area contributed by atoms with Crippen molar-refractivity contribution < 1.29 is 0 Å². The molecule has 0 radical (unpaired) electrons. The molecule has 0 bridgehead atoms.